The van der Waals surface area contributed by atoms with Crippen molar-refractivity contribution in [3.05, 3.63) is 102 Å². The number of carbonyl (C=O) groups is 2. The lowest BCUT2D eigenvalue weighted by molar-refractivity contribution is -0.140. The van der Waals surface area contributed by atoms with Gasteiger partial charge in [-0.25, -0.2) is 17.2 Å². The summed E-state index contributed by atoms with van der Waals surface area (Å²) in [5, 5.41) is 2.90. The number of nitrogens with zero attached hydrogens (tertiary/aromatic N) is 2. The fourth-order valence-corrected chi connectivity index (χ4v) is 4.94. The Morgan fingerprint density at radius 1 is 0.897 bits per heavy atom. The summed E-state index contributed by atoms with van der Waals surface area (Å²) in [6.45, 7) is 1.76. The highest BCUT2D eigenvalue weighted by molar-refractivity contribution is 7.92. The van der Waals surface area contributed by atoms with Gasteiger partial charge in [-0.2, -0.15) is 0 Å². The van der Waals surface area contributed by atoms with Crippen LogP contribution in [0.5, 0.6) is 0 Å². The van der Waals surface area contributed by atoms with Crippen molar-refractivity contribution >= 4 is 27.5 Å². The molecule has 0 spiro atoms. The van der Waals surface area contributed by atoms with E-state index in [9.17, 15) is 26.8 Å². The van der Waals surface area contributed by atoms with Gasteiger partial charge >= 0.3 is 0 Å². The van der Waals surface area contributed by atoms with Crippen LogP contribution in [0.2, 0.25) is 0 Å². The number of carbonyl (C=O) groups excluding carboxylic acids is 2. The van der Waals surface area contributed by atoms with Crippen LogP contribution in [0.4, 0.5) is 14.5 Å². The molecule has 1 N–H and O–H groups in total. The molecule has 0 aliphatic rings. The highest BCUT2D eigenvalue weighted by Gasteiger charge is 2.33. The molecule has 0 unspecified atom stereocenters. The first-order chi connectivity index (χ1) is 18.6. The maximum Gasteiger partial charge on any atom is 0.244 e. The van der Waals surface area contributed by atoms with Gasteiger partial charge in [0.2, 0.25) is 21.8 Å². The monoisotopic (exact) mass is 557 g/mol. The quantitative estimate of drug-likeness (QED) is 0.318. The van der Waals surface area contributed by atoms with Crippen molar-refractivity contribution in [1.29, 1.82) is 0 Å². The van der Waals surface area contributed by atoms with Gasteiger partial charge in [0.15, 0.2) is 11.6 Å². The standard InChI is InChI=1S/C29H33F2N3O4S/c1-3-4-17-32-29(36)27(18-22-11-7-5-8-12-22)33(20-23-13-9-6-10-14-23)28(35)21-34(39(2,37)38)24-15-16-25(30)26(31)19-24/h5-16,19,27H,3-4,17-18,20-21H2,1-2H3,(H,32,36)/t27-/m0/s1. The number of unbranched alkanes of at least 4 members (excludes halogenated alkanes) is 1. The molecule has 3 aromatic carbocycles. The van der Waals surface area contributed by atoms with E-state index in [0.717, 1.165) is 48.4 Å². The fourth-order valence-electron chi connectivity index (χ4n) is 4.09. The van der Waals surface area contributed by atoms with E-state index in [1.807, 2.05) is 43.3 Å². The maximum atomic E-state index is 14.0. The molecule has 10 heteroatoms. The molecule has 0 saturated carbocycles. The number of halogens is 2. The third-order valence-electron chi connectivity index (χ3n) is 6.17. The van der Waals surface area contributed by atoms with Crippen LogP contribution in [0.15, 0.2) is 78.9 Å². The van der Waals surface area contributed by atoms with Crippen LogP contribution in [-0.4, -0.2) is 50.5 Å². The van der Waals surface area contributed by atoms with Gasteiger partial charge in [-0.3, -0.25) is 13.9 Å². The molecule has 7 nitrogen and oxygen atoms in total. The molecular formula is C29H33F2N3O4S. The molecule has 0 heterocycles. The van der Waals surface area contributed by atoms with E-state index in [2.05, 4.69) is 5.32 Å². The predicted molar refractivity (Wildman–Crippen MR) is 147 cm³/mol. The molecule has 0 aliphatic carbocycles. The summed E-state index contributed by atoms with van der Waals surface area (Å²) in [4.78, 5) is 28.7. The molecule has 0 aromatic heterocycles. The number of sulfonamides is 1. The Morgan fingerprint density at radius 3 is 2.08 bits per heavy atom. The van der Waals surface area contributed by atoms with E-state index in [-0.39, 0.29) is 24.6 Å². The third kappa shape index (κ3) is 8.61. The average Bonchev–Trinajstić information content (AvgIpc) is 2.91. The van der Waals surface area contributed by atoms with Crippen molar-refractivity contribution in [1.82, 2.24) is 10.2 Å². The predicted octanol–water partition coefficient (Wildman–Crippen LogP) is 4.29. The number of amides is 2. The minimum Gasteiger partial charge on any atom is -0.354 e. The van der Waals surface area contributed by atoms with Crippen LogP contribution in [0.1, 0.15) is 30.9 Å². The molecule has 0 saturated heterocycles. The second-order valence-corrected chi connectivity index (χ2v) is 11.1. The first-order valence-electron chi connectivity index (χ1n) is 12.7. The van der Waals surface area contributed by atoms with Crippen molar-refractivity contribution in [3.63, 3.8) is 0 Å². The van der Waals surface area contributed by atoms with E-state index < -0.39 is 40.2 Å². The Bertz CT molecular complexity index is 1360. The molecule has 39 heavy (non-hydrogen) atoms. The molecule has 1 atom stereocenters. The molecular weight excluding hydrogens is 524 g/mol. The van der Waals surface area contributed by atoms with Gasteiger partial charge in [0.25, 0.3) is 0 Å². The summed E-state index contributed by atoms with van der Waals surface area (Å²) in [6.07, 6.45) is 2.70. The van der Waals surface area contributed by atoms with Crippen LogP contribution in [0, 0.1) is 11.6 Å². The molecule has 3 rings (SSSR count). The minimum absolute atomic E-state index is 0.0355. The molecule has 0 radical (unpaired) electrons. The average molecular weight is 558 g/mol. The van der Waals surface area contributed by atoms with Crippen molar-refractivity contribution in [3.8, 4) is 0 Å². The molecule has 2 amide bonds. The molecule has 0 fully saturated rings. The number of benzene rings is 3. The van der Waals surface area contributed by atoms with Gasteiger partial charge in [0.05, 0.1) is 11.9 Å². The van der Waals surface area contributed by atoms with Gasteiger partial charge in [0.1, 0.15) is 12.6 Å². The Labute approximate surface area is 228 Å². The van der Waals surface area contributed by atoms with Gasteiger partial charge in [-0.1, -0.05) is 74.0 Å². The van der Waals surface area contributed by atoms with Crippen LogP contribution in [0.3, 0.4) is 0 Å². The smallest absolute Gasteiger partial charge is 0.244 e. The zero-order valence-corrected chi connectivity index (χ0v) is 22.8. The second kappa shape index (κ2) is 13.8. The number of hydrogen-bond donors (Lipinski definition) is 1. The number of rotatable bonds is 13. The van der Waals surface area contributed by atoms with Gasteiger partial charge in [-0.15, -0.1) is 0 Å². The van der Waals surface area contributed by atoms with Crippen LogP contribution >= 0.6 is 0 Å². The van der Waals surface area contributed by atoms with Crippen LogP contribution in [0.25, 0.3) is 0 Å². The van der Waals surface area contributed by atoms with E-state index in [4.69, 9.17) is 0 Å². The van der Waals surface area contributed by atoms with Gasteiger partial charge in [0, 0.05) is 25.6 Å². The molecule has 3 aromatic rings. The van der Waals surface area contributed by atoms with Crippen LogP contribution < -0.4 is 9.62 Å². The number of nitrogens with one attached hydrogen (secondary N) is 1. The Kier molecular flexibility index (Phi) is 10.6. The lowest BCUT2D eigenvalue weighted by Crippen LogP contribution is -2.53. The van der Waals surface area contributed by atoms with Crippen molar-refractivity contribution in [2.45, 2.75) is 38.8 Å². The lowest BCUT2D eigenvalue weighted by Gasteiger charge is -2.33. The minimum atomic E-state index is -4.08. The lowest BCUT2D eigenvalue weighted by atomic mass is 10.0. The molecule has 0 aliphatic heterocycles. The summed E-state index contributed by atoms with van der Waals surface area (Å²) in [7, 11) is -4.08. The number of anilines is 1. The maximum absolute atomic E-state index is 14.0. The molecule has 0 bridgehead atoms. The van der Waals surface area contributed by atoms with E-state index in [1.165, 1.54) is 4.90 Å². The summed E-state index contributed by atoms with van der Waals surface area (Å²) in [6, 6.07) is 19.9. The van der Waals surface area contributed by atoms with E-state index in [0.29, 0.717) is 10.8 Å². The summed E-state index contributed by atoms with van der Waals surface area (Å²) < 4.78 is 53.6. The topological polar surface area (TPSA) is 86.8 Å². The fraction of sp³-hybridized carbons (Fsp3) is 0.310. The Morgan fingerprint density at radius 2 is 1.51 bits per heavy atom. The van der Waals surface area contributed by atoms with Crippen LogP contribution in [-0.2, 0) is 32.6 Å². The zero-order chi connectivity index (χ0) is 28.4. The van der Waals surface area contributed by atoms with Gasteiger partial charge in [-0.05, 0) is 29.7 Å². The normalized spacial score (nSPS) is 12.0. The highest BCUT2D eigenvalue weighted by atomic mass is 32.2. The first-order valence-corrected chi connectivity index (χ1v) is 14.5. The molecule has 208 valence electrons. The first kappa shape index (κ1) is 29.8. The van der Waals surface area contributed by atoms with Crippen molar-refractivity contribution in [2.24, 2.45) is 0 Å². The number of hydrogen-bond acceptors (Lipinski definition) is 4. The van der Waals surface area contributed by atoms with Gasteiger partial charge < -0.3 is 10.2 Å². The SMILES string of the molecule is CCCCNC(=O)[C@H](Cc1ccccc1)N(Cc1ccccc1)C(=O)CN(c1ccc(F)c(F)c1)S(C)(=O)=O. The summed E-state index contributed by atoms with van der Waals surface area (Å²) >= 11 is 0. The highest BCUT2D eigenvalue weighted by Crippen LogP contribution is 2.22. The van der Waals surface area contributed by atoms with E-state index >= 15 is 0 Å². The Balaban J connectivity index is 2.02. The zero-order valence-electron chi connectivity index (χ0n) is 22.0. The summed E-state index contributed by atoms with van der Waals surface area (Å²) in [5.74, 6) is -3.42. The summed E-state index contributed by atoms with van der Waals surface area (Å²) in [5.41, 5.74) is 1.36. The Hall–Kier alpha value is -3.79. The largest absolute Gasteiger partial charge is 0.354 e. The second-order valence-electron chi connectivity index (χ2n) is 9.23. The van der Waals surface area contributed by atoms with E-state index in [1.54, 1.807) is 24.3 Å². The third-order valence-corrected chi connectivity index (χ3v) is 7.31. The van der Waals surface area contributed by atoms with Crippen molar-refractivity contribution in [2.75, 3.05) is 23.7 Å². The van der Waals surface area contributed by atoms with Crippen molar-refractivity contribution < 1.29 is 26.8 Å².